The molecule has 0 spiro atoms. The number of hydrogen-bond acceptors (Lipinski definition) is 4. The van der Waals surface area contributed by atoms with E-state index in [0.717, 1.165) is 24.4 Å². The maximum atomic E-state index is 11.9. The summed E-state index contributed by atoms with van der Waals surface area (Å²) in [6.45, 7) is 6.46. The van der Waals surface area contributed by atoms with Gasteiger partial charge in [-0.3, -0.25) is 4.79 Å². The molecule has 0 saturated carbocycles. The third-order valence-corrected chi connectivity index (χ3v) is 4.63. The van der Waals surface area contributed by atoms with E-state index in [2.05, 4.69) is 17.1 Å². The van der Waals surface area contributed by atoms with Gasteiger partial charge in [0.25, 0.3) is 0 Å². The van der Waals surface area contributed by atoms with E-state index >= 15 is 0 Å². The predicted octanol–water partition coefficient (Wildman–Crippen LogP) is 2.96. The van der Waals surface area contributed by atoms with Crippen LogP contribution in [0.4, 0.5) is 0 Å². The second kappa shape index (κ2) is 10.1. The van der Waals surface area contributed by atoms with Gasteiger partial charge in [-0.1, -0.05) is 6.92 Å². The SMILES string of the molecule is COc1cc(/C=C/C(=O)NCCCN2CCC(C)CC2)cc(OC)c1. The van der Waals surface area contributed by atoms with Crippen molar-refractivity contribution in [2.75, 3.05) is 40.4 Å². The number of piperidine rings is 1. The number of nitrogens with one attached hydrogen (secondary N) is 1. The number of methoxy groups -OCH3 is 2. The van der Waals surface area contributed by atoms with E-state index in [1.165, 1.54) is 25.9 Å². The number of carbonyl (C=O) groups excluding carboxylic acids is 1. The molecule has 5 nitrogen and oxygen atoms in total. The maximum Gasteiger partial charge on any atom is 0.243 e. The summed E-state index contributed by atoms with van der Waals surface area (Å²) in [7, 11) is 3.22. The molecule has 1 aliphatic heterocycles. The largest absolute Gasteiger partial charge is 0.497 e. The van der Waals surface area contributed by atoms with Crippen LogP contribution in [0.25, 0.3) is 6.08 Å². The van der Waals surface area contributed by atoms with Crippen LogP contribution in [0.3, 0.4) is 0 Å². The number of benzene rings is 1. The lowest BCUT2D eigenvalue weighted by Gasteiger charge is -2.30. The Hall–Kier alpha value is -2.01. The van der Waals surface area contributed by atoms with Crippen molar-refractivity contribution in [3.8, 4) is 11.5 Å². The molecule has 1 heterocycles. The van der Waals surface area contributed by atoms with E-state index in [4.69, 9.17) is 9.47 Å². The lowest BCUT2D eigenvalue weighted by Crippen LogP contribution is -2.35. The van der Waals surface area contributed by atoms with Crippen LogP contribution in [-0.2, 0) is 4.79 Å². The normalized spacial score (nSPS) is 16.1. The molecule has 5 heteroatoms. The van der Waals surface area contributed by atoms with Gasteiger partial charge in [-0.05, 0) is 68.6 Å². The highest BCUT2D eigenvalue weighted by atomic mass is 16.5. The third-order valence-electron chi connectivity index (χ3n) is 4.63. The molecule has 0 radical (unpaired) electrons. The Morgan fingerprint density at radius 2 is 1.84 bits per heavy atom. The van der Waals surface area contributed by atoms with Gasteiger partial charge in [-0.25, -0.2) is 0 Å². The van der Waals surface area contributed by atoms with Gasteiger partial charge in [0.1, 0.15) is 11.5 Å². The highest BCUT2D eigenvalue weighted by Gasteiger charge is 2.14. The van der Waals surface area contributed by atoms with Gasteiger partial charge in [0.2, 0.25) is 5.91 Å². The van der Waals surface area contributed by atoms with Crippen molar-refractivity contribution in [1.29, 1.82) is 0 Å². The number of carbonyl (C=O) groups is 1. The number of rotatable bonds is 8. The fourth-order valence-corrected chi connectivity index (χ4v) is 2.96. The fourth-order valence-electron chi connectivity index (χ4n) is 2.96. The maximum absolute atomic E-state index is 11.9. The summed E-state index contributed by atoms with van der Waals surface area (Å²) in [4.78, 5) is 14.4. The molecule has 0 atom stereocenters. The number of hydrogen-bond donors (Lipinski definition) is 1. The molecule has 1 N–H and O–H groups in total. The highest BCUT2D eigenvalue weighted by molar-refractivity contribution is 5.91. The number of likely N-dealkylation sites (tertiary alicyclic amines) is 1. The van der Waals surface area contributed by atoms with Crippen LogP contribution < -0.4 is 14.8 Å². The van der Waals surface area contributed by atoms with Gasteiger partial charge in [-0.15, -0.1) is 0 Å². The van der Waals surface area contributed by atoms with Crippen LogP contribution in [0, 0.1) is 5.92 Å². The second-order valence-corrected chi connectivity index (χ2v) is 6.65. The first-order chi connectivity index (χ1) is 12.1. The smallest absolute Gasteiger partial charge is 0.243 e. The third kappa shape index (κ3) is 6.78. The Labute approximate surface area is 151 Å². The minimum atomic E-state index is -0.0750. The van der Waals surface area contributed by atoms with E-state index in [-0.39, 0.29) is 5.91 Å². The van der Waals surface area contributed by atoms with Gasteiger partial charge in [0.15, 0.2) is 0 Å². The number of amides is 1. The Morgan fingerprint density at radius 3 is 2.44 bits per heavy atom. The molecule has 0 aliphatic carbocycles. The molecule has 1 aliphatic rings. The van der Waals surface area contributed by atoms with E-state index in [1.54, 1.807) is 32.4 Å². The monoisotopic (exact) mass is 346 g/mol. The number of nitrogens with zero attached hydrogens (tertiary/aromatic N) is 1. The molecule has 1 aromatic rings. The summed E-state index contributed by atoms with van der Waals surface area (Å²) in [5.41, 5.74) is 0.869. The van der Waals surface area contributed by atoms with Crippen molar-refractivity contribution >= 4 is 12.0 Å². The average molecular weight is 346 g/mol. The van der Waals surface area contributed by atoms with Crippen LogP contribution in [0.15, 0.2) is 24.3 Å². The Balaban J connectivity index is 1.72. The van der Waals surface area contributed by atoms with Crippen molar-refractivity contribution in [3.63, 3.8) is 0 Å². The minimum absolute atomic E-state index is 0.0750. The van der Waals surface area contributed by atoms with Crippen LogP contribution >= 0.6 is 0 Å². The predicted molar refractivity (Wildman–Crippen MR) is 101 cm³/mol. The van der Waals surface area contributed by atoms with Gasteiger partial charge in [0.05, 0.1) is 14.2 Å². The Morgan fingerprint density at radius 1 is 1.20 bits per heavy atom. The quantitative estimate of drug-likeness (QED) is 0.581. The van der Waals surface area contributed by atoms with Gasteiger partial charge in [0, 0.05) is 18.7 Å². The summed E-state index contributed by atoms with van der Waals surface area (Å²) >= 11 is 0. The van der Waals surface area contributed by atoms with Crippen molar-refractivity contribution in [3.05, 3.63) is 29.8 Å². The molecule has 0 bridgehead atoms. The van der Waals surface area contributed by atoms with Crippen molar-refractivity contribution < 1.29 is 14.3 Å². The Kier molecular flexibility index (Phi) is 7.79. The number of ether oxygens (including phenoxy) is 2. The van der Waals surface area contributed by atoms with Crippen LogP contribution in [0.5, 0.6) is 11.5 Å². The molecule has 1 fully saturated rings. The molecule has 25 heavy (non-hydrogen) atoms. The minimum Gasteiger partial charge on any atom is -0.497 e. The standard InChI is InChI=1S/C20H30N2O3/c1-16-7-11-22(12-8-16)10-4-9-21-20(23)6-5-17-13-18(24-2)15-19(14-17)25-3/h5-6,13-16H,4,7-12H2,1-3H3,(H,21,23)/b6-5+. The lowest BCUT2D eigenvalue weighted by atomic mass is 9.99. The first kappa shape index (κ1) is 19.3. The van der Waals surface area contributed by atoms with Crippen molar-refractivity contribution in [2.24, 2.45) is 5.92 Å². The molecule has 1 aromatic carbocycles. The first-order valence-electron chi connectivity index (χ1n) is 9.02. The summed E-state index contributed by atoms with van der Waals surface area (Å²) < 4.78 is 10.5. The molecular formula is C20H30N2O3. The van der Waals surface area contributed by atoms with Crippen LogP contribution in [-0.4, -0.2) is 51.2 Å². The zero-order valence-electron chi connectivity index (χ0n) is 15.6. The summed E-state index contributed by atoms with van der Waals surface area (Å²) in [6, 6.07) is 5.53. The van der Waals surface area contributed by atoms with Crippen molar-refractivity contribution in [2.45, 2.75) is 26.2 Å². The molecule has 1 amide bonds. The average Bonchev–Trinajstić information content (AvgIpc) is 2.64. The van der Waals surface area contributed by atoms with Gasteiger partial charge < -0.3 is 19.7 Å². The van der Waals surface area contributed by atoms with E-state index in [1.807, 2.05) is 12.1 Å². The van der Waals surface area contributed by atoms with E-state index in [0.29, 0.717) is 18.0 Å². The molecule has 0 aromatic heterocycles. The second-order valence-electron chi connectivity index (χ2n) is 6.65. The topological polar surface area (TPSA) is 50.8 Å². The van der Waals surface area contributed by atoms with Gasteiger partial charge in [-0.2, -0.15) is 0 Å². The molecule has 1 saturated heterocycles. The van der Waals surface area contributed by atoms with E-state index < -0.39 is 0 Å². The van der Waals surface area contributed by atoms with Crippen molar-refractivity contribution in [1.82, 2.24) is 10.2 Å². The van der Waals surface area contributed by atoms with Crippen LogP contribution in [0.2, 0.25) is 0 Å². The first-order valence-corrected chi connectivity index (χ1v) is 9.02. The zero-order chi connectivity index (χ0) is 18.1. The summed E-state index contributed by atoms with van der Waals surface area (Å²) in [5.74, 6) is 2.19. The Bertz CT molecular complexity index is 556. The van der Waals surface area contributed by atoms with Gasteiger partial charge >= 0.3 is 0 Å². The molecular weight excluding hydrogens is 316 g/mol. The zero-order valence-corrected chi connectivity index (χ0v) is 15.6. The summed E-state index contributed by atoms with van der Waals surface area (Å²) in [6.07, 6.45) is 6.89. The molecule has 2 rings (SSSR count). The fraction of sp³-hybridized carbons (Fsp3) is 0.550. The summed E-state index contributed by atoms with van der Waals surface area (Å²) in [5, 5.41) is 2.94. The molecule has 138 valence electrons. The van der Waals surface area contributed by atoms with Crippen LogP contribution in [0.1, 0.15) is 31.7 Å². The molecule has 0 unspecified atom stereocenters. The highest BCUT2D eigenvalue weighted by Crippen LogP contribution is 2.23. The van der Waals surface area contributed by atoms with E-state index in [9.17, 15) is 4.79 Å². The lowest BCUT2D eigenvalue weighted by molar-refractivity contribution is -0.116.